The van der Waals surface area contributed by atoms with Crippen molar-refractivity contribution in [2.75, 3.05) is 0 Å². The molecule has 0 spiro atoms. The molecule has 3 aromatic heterocycles. The maximum atomic E-state index is 12.2. The van der Waals surface area contributed by atoms with Gasteiger partial charge in [0.25, 0.3) is 0 Å². The van der Waals surface area contributed by atoms with E-state index in [0.29, 0.717) is 11.0 Å². The van der Waals surface area contributed by atoms with Crippen molar-refractivity contribution in [1.82, 2.24) is 14.1 Å². The van der Waals surface area contributed by atoms with Crippen LogP contribution in [0.3, 0.4) is 0 Å². The molecule has 0 aliphatic heterocycles. The number of benzene rings is 6. The molecule has 3 heterocycles. The van der Waals surface area contributed by atoms with Gasteiger partial charge in [-0.25, -0.2) is 0 Å². The van der Waals surface area contributed by atoms with Gasteiger partial charge in [-0.1, -0.05) is 178 Å². The Labute approximate surface area is 430 Å². The molecule has 4 aliphatic rings. The van der Waals surface area contributed by atoms with Crippen molar-refractivity contribution in [3.63, 3.8) is 0 Å². The van der Waals surface area contributed by atoms with Gasteiger partial charge in [0.2, 0.25) is 0 Å². The quantitative estimate of drug-likeness (QED) is 0.145. The second-order valence-electron chi connectivity index (χ2n) is 20.7. The molecule has 70 heavy (non-hydrogen) atoms. The third-order valence-corrected chi connectivity index (χ3v) is 14.2. The molecule has 0 amide bonds. The Morgan fingerprint density at radius 2 is 0.743 bits per heavy atom. The van der Waals surface area contributed by atoms with E-state index >= 15 is 0 Å². The van der Waals surface area contributed by atoms with Crippen LogP contribution >= 0.6 is 0 Å². The molecule has 0 unspecified atom stereocenters. The molecular weight excluding hydrogens is 937 g/mol. The van der Waals surface area contributed by atoms with Crippen LogP contribution < -0.4 is 5.73 Å². The number of aromatic hydroxyl groups is 1. The van der Waals surface area contributed by atoms with Crippen LogP contribution in [0.25, 0.3) is 56.4 Å². The van der Waals surface area contributed by atoms with Crippen LogP contribution in [0.15, 0.2) is 206 Å². The second kappa shape index (κ2) is 22.1. The van der Waals surface area contributed by atoms with Gasteiger partial charge < -0.3 is 25.0 Å². The van der Waals surface area contributed by atoms with Gasteiger partial charge in [-0.2, -0.15) is 0 Å². The zero-order valence-electron chi connectivity index (χ0n) is 41.4. The predicted octanol–water partition coefficient (Wildman–Crippen LogP) is 16.2. The monoisotopic (exact) mass is 1010 g/mol. The molecule has 4 aliphatic carbocycles. The SMILES string of the molecule is CC(C)(C)c1ccccc1.Cc1ccc(C)[nH]1.NC12CC3CC(CC(C3)C1)C2.Oc1c(-n2c(-c3ccccc3)ccc2-c2ccccc2)cccc1-n1c(-c2ccccc2)ccc1-c1ccccc1.[Mo]. The first-order valence-corrected chi connectivity index (χ1v) is 24.9. The number of rotatable bonds is 6. The number of phenolic OH excluding ortho intramolecular Hbond substituents is 1. The molecule has 6 aromatic carbocycles. The maximum absolute atomic E-state index is 12.2. The van der Waals surface area contributed by atoms with Gasteiger partial charge in [-0.3, -0.25) is 0 Å². The number of nitrogens with two attached hydrogens (primary N) is 1. The average Bonchev–Trinajstić information content (AvgIpc) is 4.11. The van der Waals surface area contributed by atoms with Gasteiger partial charge in [0.1, 0.15) is 0 Å². The number of hydrogen-bond acceptors (Lipinski definition) is 2. The van der Waals surface area contributed by atoms with E-state index in [-0.39, 0.29) is 26.8 Å². The number of aromatic amines is 1. The third kappa shape index (κ3) is 11.6. The molecule has 0 radical (unpaired) electrons. The number of aromatic nitrogens is 3. The van der Waals surface area contributed by atoms with Crippen LogP contribution in [0.5, 0.6) is 5.75 Å². The van der Waals surface area contributed by atoms with Gasteiger partial charge in [0.05, 0.1) is 34.2 Å². The number of H-pyrrole nitrogens is 1. The topological polar surface area (TPSA) is 71.9 Å². The Balaban J connectivity index is 0.000000181. The van der Waals surface area contributed by atoms with Crippen LogP contribution in [-0.2, 0) is 26.5 Å². The number of aryl methyl sites for hydroxylation is 2. The van der Waals surface area contributed by atoms with Crippen molar-refractivity contribution in [2.24, 2.45) is 23.5 Å². The Hall–Kier alpha value is -6.39. The zero-order chi connectivity index (χ0) is 48.0. The van der Waals surface area contributed by atoms with Crippen LogP contribution in [-0.4, -0.2) is 24.8 Å². The minimum atomic E-state index is 0. The van der Waals surface area contributed by atoms with E-state index in [4.69, 9.17) is 5.73 Å². The average molecular weight is 1010 g/mol. The number of phenols is 1. The molecular formula is C64H68MoN4O. The molecule has 356 valence electrons. The van der Waals surface area contributed by atoms with E-state index in [2.05, 4.69) is 150 Å². The minimum absolute atomic E-state index is 0. The fourth-order valence-corrected chi connectivity index (χ4v) is 11.4. The molecule has 5 nitrogen and oxygen atoms in total. The van der Waals surface area contributed by atoms with E-state index in [1.165, 1.54) is 55.5 Å². The first kappa shape index (κ1) is 50.0. The van der Waals surface area contributed by atoms with Crippen LogP contribution in [0, 0.1) is 31.6 Å². The fourth-order valence-electron chi connectivity index (χ4n) is 11.4. The molecule has 0 atom stereocenters. The summed E-state index contributed by atoms with van der Waals surface area (Å²) in [5.74, 6) is 3.27. The maximum Gasteiger partial charge on any atom is 0.163 e. The second-order valence-corrected chi connectivity index (χ2v) is 20.7. The van der Waals surface area contributed by atoms with E-state index in [1.807, 2.05) is 105 Å². The summed E-state index contributed by atoms with van der Waals surface area (Å²) in [5, 5.41) is 12.2. The van der Waals surface area contributed by atoms with Gasteiger partial charge in [0, 0.05) is 38.0 Å². The predicted molar refractivity (Wildman–Crippen MR) is 289 cm³/mol. The number of nitrogens with zero attached hydrogens (tertiary/aromatic N) is 2. The van der Waals surface area contributed by atoms with E-state index in [9.17, 15) is 5.11 Å². The van der Waals surface area contributed by atoms with Gasteiger partial charge in [-0.15, -0.1) is 0 Å². The number of hydrogen-bond donors (Lipinski definition) is 3. The fraction of sp³-hybridized carbons (Fsp3) is 0.250. The largest absolute Gasteiger partial charge is 0.504 e. The van der Waals surface area contributed by atoms with E-state index in [1.54, 1.807) is 0 Å². The molecule has 0 saturated heterocycles. The summed E-state index contributed by atoms with van der Waals surface area (Å²) in [5.41, 5.74) is 20.6. The summed E-state index contributed by atoms with van der Waals surface area (Å²) in [4.78, 5) is 3.14. The zero-order valence-corrected chi connectivity index (χ0v) is 43.4. The molecule has 4 fully saturated rings. The molecule has 6 heteroatoms. The summed E-state index contributed by atoms with van der Waals surface area (Å²) in [6, 6.07) is 70.5. The van der Waals surface area contributed by atoms with Crippen molar-refractivity contribution in [3.8, 4) is 62.2 Å². The molecule has 4 saturated carbocycles. The Kier molecular flexibility index (Phi) is 15.8. The molecule has 9 aromatic rings. The number of nitrogens with one attached hydrogen (secondary N) is 1. The summed E-state index contributed by atoms with van der Waals surface area (Å²) in [6.45, 7) is 10.8. The first-order chi connectivity index (χ1) is 33.4. The first-order valence-electron chi connectivity index (χ1n) is 24.9. The van der Waals surface area contributed by atoms with Crippen molar-refractivity contribution in [2.45, 2.75) is 84.1 Å². The van der Waals surface area contributed by atoms with Crippen LogP contribution in [0.2, 0.25) is 0 Å². The molecule has 4 N–H and O–H groups in total. The van der Waals surface area contributed by atoms with Crippen molar-refractivity contribution in [1.29, 1.82) is 0 Å². The Morgan fingerprint density at radius 3 is 0.986 bits per heavy atom. The standard InChI is InChI=1S/C38H28N2O.C10H17N.C10H14.C6H9N.Mo/c41-38-36(39-32(28-14-5-1-6-15-28)24-25-33(39)29-16-7-2-8-17-29)22-13-23-37(38)40-34(30-18-9-3-10-19-30)26-27-35(40)31-20-11-4-12-21-31;11-10-4-7-1-8(5-10)3-9(2-7)6-10;1-10(2,3)9-7-5-4-6-8-9;1-5-3-4-6(2)7-5;/h1-27,41H;7-9H,1-6,11H2;4-8H,1-3H3;3-4,7H,1-2H3;. The molecule has 13 rings (SSSR count). The van der Waals surface area contributed by atoms with Crippen LogP contribution in [0.1, 0.15) is 76.2 Å². The summed E-state index contributed by atoms with van der Waals surface area (Å²) < 4.78 is 4.33. The van der Waals surface area contributed by atoms with Gasteiger partial charge in [-0.05, 0) is 152 Å². The summed E-state index contributed by atoms with van der Waals surface area (Å²) >= 11 is 0. The molecule has 4 bridgehead atoms. The van der Waals surface area contributed by atoms with E-state index in [0.717, 1.165) is 74.2 Å². The van der Waals surface area contributed by atoms with Gasteiger partial charge >= 0.3 is 0 Å². The smallest absolute Gasteiger partial charge is 0.163 e. The summed E-state index contributed by atoms with van der Waals surface area (Å²) in [7, 11) is 0. The van der Waals surface area contributed by atoms with Crippen LogP contribution in [0.4, 0.5) is 0 Å². The Bertz CT molecular complexity index is 2730. The van der Waals surface area contributed by atoms with Crippen molar-refractivity contribution < 1.29 is 26.2 Å². The van der Waals surface area contributed by atoms with Crippen molar-refractivity contribution in [3.05, 3.63) is 223 Å². The summed E-state index contributed by atoms with van der Waals surface area (Å²) in [6.07, 6.45) is 8.57. The normalized spacial score (nSPS) is 18.5. The Morgan fingerprint density at radius 1 is 0.443 bits per heavy atom. The number of para-hydroxylation sites is 1. The third-order valence-electron chi connectivity index (χ3n) is 14.2. The van der Waals surface area contributed by atoms with E-state index < -0.39 is 0 Å². The van der Waals surface area contributed by atoms with Crippen molar-refractivity contribution >= 4 is 0 Å². The minimum Gasteiger partial charge on any atom is -0.504 e. The van der Waals surface area contributed by atoms with Gasteiger partial charge in [0.15, 0.2) is 5.75 Å².